The summed E-state index contributed by atoms with van der Waals surface area (Å²) in [5.41, 5.74) is 4.62. The van der Waals surface area contributed by atoms with Crippen molar-refractivity contribution in [2.45, 2.75) is 102 Å². The van der Waals surface area contributed by atoms with Crippen LogP contribution < -0.4 is 0 Å². The van der Waals surface area contributed by atoms with Crippen molar-refractivity contribution >= 4 is 17.9 Å². The van der Waals surface area contributed by atoms with Crippen LogP contribution in [0.15, 0.2) is 6.07 Å². The monoisotopic (exact) mass is 501 g/mol. The van der Waals surface area contributed by atoms with Crippen LogP contribution in [-0.4, -0.2) is 33.2 Å². The summed E-state index contributed by atoms with van der Waals surface area (Å²) < 4.78 is 0. The van der Waals surface area contributed by atoms with Crippen LogP contribution in [0.4, 0.5) is 0 Å². The molecule has 0 amide bonds. The van der Waals surface area contributed by atoms with Gasteiger partial charge in [-0.25, -0.2) is 0 Å². The number of fused-ring (bicyclic) bond motifs is 1. The summed E-state index contributed by atoms with van der Waals surface area (Å²) in [7, 11) is 0. The summed E-state index contributed by atoms with van der Waals surface area (Å²) in [6.45, 7) is 19.5. The molecule has 0 fully saturated rings. The quantitative estimate of drug-likeness (QED) is 0.286. The molecule has 0 aromatic heterocycles. The molecule has 0 spiro atoms. The minimum Gasteiger partial charge on any atom is -0.481 e. The van der Waals surface area contributed by atoms with E-state index in [0.717, 1.165) is 0 Å². The maximum Gasteiger partial charge on any atom is 0.308 e. The standard InChI is InChI=1S/C11H15.3C5H10O2.Ti/c1-8-7-9(2)11-6-4-3-5-10(8)11;3*1-5(2,3)4(6)7;/h7H,3-6H2,1-2H3;3*1-3H3,(H,6,7);/q-1;;;;. The van der Waals surface area contributed by atoms with Crippen molar-refractivity contribution in [2.75, 3.05) is 0 Å². The Labute approximate surface area is 215 Å². The molecular weight excluding hydrogens is 456 g/mol. The first-order chi connectivity index (χ1) is 14.1. The van der Waals surface area contributed by atoms with Crippen LogP contribution >= 0.6 is 0 Å². The molecule has 1 aliphatic carbocycles. The first-order valence-electron chi connectivity index (χ1n) is 11.1. The Balaban J connectivity index is -0.000000371. The van der Waals surface area contributed by atoms with Gasteiger partial charge in [-0.05, 0) is 62.3 Å². The third kappa shape index (κ3) is 15.9. The molecule has 7 heteroatoms. The van der Waals surface area contributed by atoms with Crippen LogP contribution in [0.5, 0.6) is 0 Å². The Morgan fingerprint density at radius 3 is 1.24 bits per heavy atom. The SMILES string of the molecule is CC(C)(C)C(=O)O.CC(C)(C)C(=O)O.CC(C)(C)C(=O)O.Cc1c[c-](C)c2c1CCCC2.[Ti]. The first kappa shape index (κ1) is 36.1. The van der Waals surface area contributed by atoms with Crippen LogP contribution in [0.3, 0.4) is 0 Å². The molecule has 1 aromatic carbocycles. The van der Waals surface area contributed by atoms with Gasteiger partial charge < -0.3 is 15.3 Å². The second-order valence-electron chi connectivity index (χ2n) is 11.3. The zero-order chi connectivity index (χ0) is 26.1. The van der Waals surface area contributed by atoms with E-state index in [1.165, 1.54) is 36.8 Å². The fourth-order valence-electron chi connectivity index (χ4n) is 2.27. The van der Waals surface area contributed by atoms with Crippen LogP contribution in [0.25, 0.3) is 0 Å². The molecule has 0 saturated carbocycles. The maximum absolute atomic E-state index is 10.0. The number of carboxylic acid groups (broad SMARTS) is 3. The minimum absolute atomic E-state index is 0. The molecule has 33 heavy (non-hydrogen) atoms. The summed E-state index contributed by atoms with van der Waals surface area (Å²) in [4.78, 5) is 30.1. The number of hydrogen-bond donors (Lipinski definition) is 3. The Morgan fingerprint density at radius 2 is 1.00 bits per heavy atom. The molecule has 0 unspecified atom stereocenters. The van der Waals surface area contributed by atoms with Gasteiger partial charge in [0.05, 0.1) is 16.2 Å². The van der Waals surface area contributed by atoms with Crippen LogP contribution in [0.1, 0.15) is 97.4 Å². The van der Waals surface area contributed by atoms with Crippen molar-refractivity contribution in [3.8, 4) is 0 Å². The van der Waals surface area contributed by atoms with E-state index in [1.807, 2.05) is 0 Å². The topological polar surface area (TPSA) is 112 Å². The molecule has 1 aliphatic rings. The van der Waals surface area contributed by atoms with Crippen molar-refractivity contribution < 1.29 is 51.4 Å². The number of hydrogen-bond acceptors (Lipinski definition) is 3. The van der Waals surface area contributed by atoms with E-state index in [-0.39, 0.29) is 21.7 Å². The molecule has 1 aromatic rings. The molecule has 2 rings (SSSR count). The van der Waals surface area contributed by atoms with Gasteiger partial charge in [0, 0.05) is 21.7 Å². The average Bonchev–Trinajstić information content (AvgIpc) is 2.89. The normalized spacial score (nSPS) is 12.7. The summed E-state index contributed by atoms with van der Waals surface area (Å²) in [6.07, 6.45) is 5.46. The Hall–Kier alpha value is -1.53. The summed E-state index contributed by atoms with van der Waals surface area (Å²) >= 11 is 0. The predicted octanol–water partition coefficient (Wildman–Crippen LogP) is 6.25. The number of rotatable bonds is 0. The zero-order valence-electron chi connectivity index (χ0n) is 22.5. The van der Waals surface area contributed by atoms with Crippen molar-refractivity contribution in [2.24, 2.45) is 16.2 Å². The van der Waals surface area contributed by atoms with Gasteiger partial charge in [0.25, 0.3) is 0 Å². The molecule has 0 saturated heterocycles. The third-order valence-corrected chi connectivity index (χ3v) is 4.78. The third-order valence-electron chi connectivity index (χ3n) is 4.78. The van der Waals surface area contributed by atoms with Gasteiger partial charge in [-0.1, -0.05) is 39.5 Å². The van der Waals surface area contributed by atoms with E-state index >= 15 is 0 Å². The molecule has 0 aliphatic heterocycles. The second-order valence-corrected chi connectivity index (χ2v) is 11.3. The van der Waals surface area contributed by atoms with Gasteiger partial charge in [-0.15, -0.1) is 0 Å². The van der Waals surface area contributed by atoms with Gasteiger partial charge in [0.2, 0.25) is 0 Å². The minimum atomic E-state index is -0.757. The summed E-state index contributed by atoms with van der Waals surface area (Å²) in [5, 5.41) is 24.8. The first-order valence-corrected chi connectivity index (χ1v) is 11.1. The average molecular weight is 502 g/mol. The number of carboxylic acids is 3. The molecule has 0 radical (unpaired) electrons. The summed E-state index contributed by atoms with van der Waals surface area (Å²) in [5.74, 6) is -2.27. The molecule has 6 nitrogen and oxygen atoms in total. The second kappa shape index (κ2) is 14.7. The van der Waals surface area contributed by atoms with Crippen molar-refractivity contribution in [3.63, 3.8) is 0 Å². The fourth-order valence-corrected chi connectivity index (χ4v) is 2.27. The van der Waals surface area contributed by atoms with Gasteiger partial charge in [0.15, 0.2) is 0 Å². The number of aliphatic carboxylic acids is 3. The van der Waals surface area contributed by atoms with Gasteiger partial charge >= 0.3 is 17.9 Å². The maximum atomic E-state index is 10.0. The molecule has 190 valence electrons. The van der Waals surface area contributed by atoms with E-state index in [1.54, 1.807) is 73.4 Å². The Morgan fingerprint density at radius 1 is 0.727 bits per heavy atom. The largest absolute Gasteiger partial charge is 0.481 e. The fraction of sp³-hybridized carbons (Fsp3) is 0.692. The number of carbonyl (C=O) groups is 3. The molecule has 0 heterocycles. The molecule has 0 bridgehead atoms. The van der Waals surface area contributed by atoms with Crippen LogP contribution in [0, 0.1) is 30.1 Å². The van der Waals surface area contributed by atoms with Crippen molar-refractivity contribution in [1.82, 2.24) is 0 Å². The van der Waals surface area contributed by atoms with Crippen LogP contribution in [-0.2, 0) is 48.9 Å². The van der Waals surface area contributed by atoms with Gasteiger partial charge in [-0.2, -0.15) is 28.3 Å². The Bertz CT molecular complexity index is 672. The molecule has 3 N–H and O–H groups in total. The van der Waals surface area contributed by atoms with E-state index in [9.17, 15) is 14.4 Å². The zero-order valence-corrected chi connectivity index (χ0v) is 24.0. The van der Waals surface area contributed by atoms with Crippen molar-refractivity contribution in [1.29, 1.82) is 0 Å². The van der Waals surface area contributed by atoms with E-state index in [2.05, 4.69) is 19.9 Å². The number of aryl methyl sites for hydroxylation is 2. The van der Waals surface area contributed by atoms with Gasteiger partial charge in [0.1, 0.15) is 0 Å². The Kier molecular flexibility index (Phi) is 16.0. The van der Waals surface area contributed by atoms with Crippen LogP contribution in [0.2, 0.25) is 0 Å². The van der Waals surface area contributed by atoms with E-state index < -0.39 is 34.2 Å². The smallest absolute Gasteiger partial charge is 0.308 e. The predicted molar refractivity (Wildman–Crippen MR) is 129 cm³/mol. The molecule has 0 atom stereocenters. The van der Waals surface area contributed by atoms with E-state index in [0.29, 0.717) is 0 Å². The van der Waals surface area contributed by atoms with Gasteiger partial charge in [-0.3, -0.25) is 14.4 Å². The molecular formula is C26H45O6Ti-. The van der Waals surface area contributed by atoms with Crippen molar-refractivity contribution in [3.05, 3.63) is 28.3 Å². The van der Waals surface area contributed by atoms with E-state index in [4.69, 9.17) is 15.3 Å². The summed E-state index contributed by atoms with van der Waals surface area (Å²) in [6, 6.07) is 2.34.